The maximum Gasteiger partial charge on any atom is 0.134 e. The first kappa shape index (κ1) is 12.2. The average molecular weight is 273 g/mol. The van der Waals surface area contributed by atoms with Crippen LogP contribution in [0.3, 0.4) is 0 Å². The summed E-state index contributed by atoms with van der Waals surface area (Å²) in [4.78, 5) is 0. The van der Waals surface area contributed by atoms with E-state index in [2.05, 4.69) is 5.43 Å². The molecule has 3 aromatic rings. The summed E-state index contributed by atoms with van der Waals surface area (Å²) in [5.41, 5.74) is 5.55. The molecule has 3 nitrogen and oxygen atoms in total. The van der Waals surface area contributed by atoms with E-state index >= 15 is 0 Å². The van der Waals surface area contributed by atoms with E-state index in [0.29, 0.717) is 5.02 Å². The van der Waals surface area contributed by atoms with Gasteiger partial charge in [-0.15, -0.1) is 0 Å². The molecular formula is C15H13ClN2O. The van der Waals surface area contributed by atoms with Crippen LogP contribution in [-0.4, -0.2) is 0 Å². The Morgan fingerprint density at radius 3 is 2.53 bits per heavy atom. The minimum Gasteiger partial charge on any atom is -0.464 e. The van der Waals surface area contributed by atoms with Gasteiger partial charge >= 0.3 is 0 Å². The number of nitrogens with two attached hydrogens (primary N) is 1. The zero-order valence-electron chi connectivity index (χ0n) is 10.1. The average Bonchev–Trinajstić information content (AvgIpc) is 2.86. The normalized spacial score (nSPS) is 12.7. The predicted molar refractivity (Wildman–Crippen MR) is 76.8 cm³/mol. The van der Waals surface area contributed by atoms with Crippen LogP contribution in [-0.2, 0) is 0 Å². The van der Waals surface area contributed by atoms with Crippen molar-refractivity contribution in [3.8, 4) is 0 Å². The second kappa shape index (κ2) is 5.05. The summed E-state index contributed by atoms with van der Waals surface area (Å²) in [7, 11) is 0. The van der Waals surface area contributed by atoms with Crippen LogP contribution in [0.4, 0.5) is 0 Å². The smallest absolute Gasteiger partial charge is 0.134 e. The van der Waals surface area contributed by atoms with Crippen LogP contribution >= 0.6 is 11.6 Å². The van der Waals surface area contributed by atoms with Gasteiger partial charge in [0.15, 0.2) is 0 Å². The molecule has 0 aliphatic heterocycles. The Bertz CT molecular complexity index is 708. The summed E-state index contributed by atoms with van der Waals surface area (Å²) in [5, 5.41) is 1.71. The molecule has 0 saturated heterocycles. The molecule has 0 spiro atoms. The SMILES string of the molecule is NNC(c1ccccc1Cl)c1coc2ccccc12. The standard InChI is InChI=1S/C15H13ClN2O/c16-13-7-3-1-6-11(13)15(18-17)12-9-19-14-8-4-2-5-10(12)14/h1-9,15,18H,17H2. The lowest BCUT2D eigenvalue weighted by Crippen LogP contribution is -2.28. The fourth-order valence-corrected chi connectivity index (χ4v) is 2.52. The third kappa shape index (κ3) is 2.12. The van der Waals surface area contributed by atoms with Crippen molar-refractivity contribution in [2.24, 2.45) is 5.84 Å². The number of halogens is 1. The number of para-hydroxylation sites is 1. The first-order valence-electron chi connectivity index (χ1n) is 5.98. The number of benzene rings is 2. The Hall–Kier alpha value is -1.81. The number of hydrogen-bond donors (Lipinski definition) is 2. The van der Waals surface area contributed by atoms with E-state index in [4.69, 9.17) is 21.9 Å². The Balaban J connectivity index is 2.15. The number of rotatable bonds is 3. The Morgan fingerprint density at radius 1 is 1.00 bits per heavy atom. The molecule has 3 N–H and O–H groups in total. The molecule has 96 valence electrons. The fraction of sp³-hybridized carbons (Fsp3) is 0.0667. The van der Waals surface area contributed by atoms with Crippen molar-refractivity contribution in [3.63, 3.8) is 0 Å². The molecule has 1 heterocycles. The highest BCUT2D eigenvalue weighted by Gasteiger charge is 2.19. The highest BCUT2D eigenvalue weighted by atomic mass is 35.5. The first-order chi connectivity index (χ1) is 9.31. The van der Waals surface area contributed by atoms with Crippen LogP contribution in [0.5, 0.6) is 0 Å². The molecule has 0 aliphatic carbocycles. The predicted octanol–water partition coefficient (Wildman–Crippen LogP) is 3.64. The van der Waals surface area contributed by atoms with Crippen LogP contribution in [0.2, 0.25) is 5.02 Å². The maximum atomic E-state index is 6.24. The molecule has 2 aromatic carbocycles. The van der Waals surface area contributed by atoms with E-state index in [9.17, 15) is 0 Å². The van der Waals surface area contributed by atoms with Crippen LogP contribution in [0, 0.1) is 0 Å². The van der Waals surface area contributed by atoms with Crippen molar-refractivity contribution in [3.05, 3.63) is 70.9 Å². The molecule has 0 bridgehead atoms. The van der Waals surface area contributed by atoms with Crippen molar-refractivity contribution < 1.29 is 4.42 Å². The molecule has 0 amide bonds. The van der Waals surface area contributed by atoms with Gasteiger partial charge in [0.25, 0.3) is 0 Å². The highest BCUT2D eigenvalue weighted by molar-refractivity contribution is 6.31. The molecule has 1 aromatic heterocycles. The van der Waals surface area contributed by atoms with Gasteiger partial charge in [-0.05, 0) is 17.7 Å². The molecule has 4 heteroatoms. The van der Waals surface area contributed by atoms with Gasteiger partial charge < -0.3 is 4.42 Å². The Kier molecular flexibility index (Phi) is 3.25. The number of nitrogens with one attached hydrogen (secondary N) is 1. The molecule has 19 heavy (non-hydrogen) atoms. The summed E-state index contributed by atoms with van der Waals surface area (Å²) in [6.07, 6.45) is 1.72. The highest BCUT2D eigenvalue weighted by Crippen LogP contribution is 2.33. The largest absolute Gasteiger partial charge is 0.464 e. The fourth-order valence-electron chi connectivity index (χ4n) is 2.28. The van der Waals surface area contributed by atoms with Gasteiger partial charge in [-0.3, -0.25) is 5.84 Å². The summed E-state index contributed by atoms with van der Waals surface area (Å²) >= 11 is 6.24. The van der Waals surface area contributed by atoms with E-state index in [0.717, 1.165) is 22.1 Å². The van der Waals surface area contributed by atoms with E-state index < -0.39 is 0 Å². The maximum absolute atomic E-state index is 6.24. The minimum atomic E-state index is -0.197. The van der Waals surface area contributed by atoms with Crippen LogP contribution in [0.25, 0.3) is 11.0 Å². The van der Waals surface area contributed by atoms with Gasteiger partial charge in [0.1, 0.15) is 5.58 Å². The summed E-state index contributed by atoms with van der Waals surface area (Å²) in [6, 6.07) is 15.3. The lowest BCUT2D eigenvalue weighted by molar-refractivity contribution is 0.586. The van der Waals surface area contributed by atoms with Gasteiger partial charge in [0, 0.05) is 16.0 Å². The van der Waals surface area contributed by atoms with Crippen molar-refractivity contribution >= 4 is 22.6 Å². The molecule has 1 atom stereocenters. The van der Waals surface area contributed by atoms with Gasteiger partial charge in [-0.25, -0.2) is 5.43 Å². The lowest BCUT2D eigenvalue weighted by atomic mass is 9.99. The van der Waals surface area contributed by atoms with E-state index in [-0.39, 0.29) is 6.04 Å². The van der Waals surface area contributed by atoms with Crippen LogP contribution < -0.4 is 11.3 Å². The minimum absolute atomic E-state index is 0.197. The number of hydrazine groups is 1. The van der Waals surface area contributed by atoms with E-state index in [1.54, 1.807) is 6.26 Å². The van der Waals surface area contributed by atoms with Crippen molar-refractivity contribution in [2.45, 2.75) is 6.04 Å². The first-order valence-corrected chi connectivity index (χ1v) is 6.35. The molecule has 3 rings (SSSR count). The number of fused-ring (bicyclic) bond motifs is 1. The zero-order chi connectivity index (χ0) is 13.2. The molecule has 0 radical (unpaired) electrons. The number of hydrogen-bond acceptors (Lipinski definition) is 3. The summed E-state index contributed by atoms with van der Waals surface area (Å²) < 4.78 is 5.55. The summed E-state index contributed by atoms with van der Waals surface area (Å²) in [5.74, 6) is 5.71. The van der Waals surface area contributed by atoms with Crippen molar-refractivity contribution in [1.29, 1.82) is 0 Å². The Morgan fingerprint density at radius 2 is 1.74 bits per heavy atom. The van der Waals surface area contributed by atoms with Gasteiger partial charge in [0.2, 0.25) is 0 Å². The molecule has 0 saturated carbocycles. The van der Waals surface area contributed by atoms with E-state index in [1.165, 1.54) is 0 Å². The van der Waals surface area contributed by atoms with Crippen molar-refractivity contribution in [2.75, 3.05) is 0 Å². The van der Waals surface area contributed by atoms with Crippen molar-refractivity contribution in [1.82, 2.24) is 5.43 Å². The third-order valence-corrected chi connectivity index (χ3v) is 3.55. The monoisotopic (exact) mass is 272 g/mol. The molecule has 0 fully saturated rings. The summed E-state index contributed by atoms with van der Waals surface area (Å²) in [6.45, 7) is 0. The molecule has 0 aliphatic rings. The van der Waals surface area contributed by atoms with Gasteiger partial charge in [-0.2, -0.15) is 0 Å². The topological polar surface area (TPSA) is 51.2 Å². The van der Waals surface area contributed by atoms with E-state index in [1.807, 2.05) is 48.5 Å². The van der Waals surface area contributed by atoms with Crippen LogP contribution in [0.15, 0.2) is 59.2 Å². The third-order valence-electron chi connectivity index (χ3n) is 3.20. The van der Waals surface area contributed by atoms with Crippen LogP contribution in [0.1, 0.15) is 17.2 Å². The van der Waals surface area contributed by atoms with Gasteiger partial charge in [-0.1, -0.05) is 48.0 Å². The molecular weight excluding hydrogens is 260 g/mol. The quantitative estimate of drug-likeness (QED) is 0.565. The number of furan rings is 1. The van der Waals surface area contributed by atoms with Gasteiger partial charge in [0.05, 0.1) is 12.3 Å². The second-order valence-electron chi connectivity index (χ2n) is 4.31. The second-order valence-corrected chi connectivity index (χ2v) is 4.72. The lowest BCUT2D eigenvalue weighted by Gasteiger charge is -2.16. The zero-order valence-corrected chi connectivity index (χ0v) is 10.9. The Labute approximate surface area is 115 Å². The molecule has 1 unspecified atom stereocenters.